The summed E-state index contributed by atoms with van der Waals surface area (Å²) in [6, 6.07) is 8.90. The maximum Gasteiger partial charge on any atom is 0 e. The van der Waals surface area contributed by atoms with Gasteiger partial charge < -0.3 is 0 Å². The van der Waals surface area contributed by atoms with Crippen molar-refractivity contribution in [2.45, 2.75) is 13.3 Å². The van der Waals surface area contributed by atoms with Crippen molar-refractivity contribution in [2.75, 3.05) is 0 Å². The molecule has 0 nitrogen and oxygen atoms in total. The summed E-state index contributed by atoms with van der Waals surface area (Å²) in [6.45, 7) is 0. The molecular weight excluding hydrogens is 402 g/mol. The van der Waals surface area contributed by atoms with Gasteiger partial charge in [-0.2, -0.15) is 0 Å². The van der Waals surface area contributed by atoms with Crippen molar-refractivity contribution in [3.05, 3.63) is 65.8 Å². The molecule has 2 aliphatic rings. The Bertz CT molecular complexity index is 490. The van der Waals surface area contributed by atoms with E-state index in [1.807, 2.05) is 0 Å². The second kappa shape index (κ2) is 6.52. The summed E-state index contributed by atoms with van der Waals surface area (Å²) in [4.78, 5) is 2.57. The van der Waals surface area contributed by atoms with Crippen LogP contribution < -0.4 is 0 Å². The average Bonchev–Trinajstić information content (AvgIpc) is 2.96. The van der Waals surface area contributed by atoms with Gasteiger partial charge in [-0.3, -0.25) is 0 Å². The third-order valence-corrected chi connectivity index (χ3v) is 11.4. The van der Waals surface area contributed by atoms with E-state index < -0.39 is 19.8 Å². The van der Waals surface area contributed by atoms with Gasteiger partial charge in [0.1, 0.15) is 0 Å². The summed E-state index contributed by atoms with van der Waals surface area (Å²) in [5.41, 5.74) is 3.05. The van der Waals surface area contributed by atoms with Crippen LogP contribution in [-0.2, 0) is 26.2 Å². The number of fused-ring (bicyclic) bond motifs is 1. The molecule has 1 radical (unpaired) electrons. The van der Waals surface area contributed by atoms with Gasteiger partial charge in [0.15, 0.2) is 0 Å². The zero-order valence-electron chi connectivity index (χ0n) is 10.6. The first-order valence-corrected chi connectivity index (χ1v) is 12.8. The summed E-state index contributed by atoms with van der Waals surface area (Å²) in [5, 5.41) is 0. The maximum absolute atomic E-state index is 2.57. The van der Waals surface area contributed by atoms with Crippen molar-refractivity contribution < 1.29 is 26.2 Å². The summed E-state index contributed by atoms with van der Waals surface area (Å²) in [7, 11) is 0. The molecule has 18 heavy (non-hydrogen) atoms. The van der Waals surface area contributed by atoms with Crippen molar-refractivity contribution in [1.82, 2.24) is 0 Å². The molecule has 0 bridgehead atoms. The summed E-state index contributed by atoms with van der Waals surface area (Å²) < 4.78 is 2.24. The van der Waals surface area contributed by atoms with Gasteiger partial charge in [0.2, 0.25) is 0 Å². The van der Waals surface area contributed by atoms with Crippen LogP contribution in [0.4, 0.5) is 0 Å². The van der Waals surface area contributed by atoms with Gasteiger partial charge in [0.25, 0.3) is 0 Å². The fraction of sp³-hybridized carbons (Fsp3) is 0.250. The van der Waals surface area contributed by atoms with Crippen LogP contribution in [0.15, 0.2) is 54.6 Å². The monoisotopic (exact) mass is 419 g/mol. The molecule has 0 spiro atoms. The predicted octanol–water partition coefficient (Wildman–Crippen LogP) is 4.20. The Balaban J connectivity index is 0.00000120. The van der Waals surface area contributed by atoms with E-state index in [-0.39, 0.29) is 26.2 Å². The molecule has 0 saturated heterocycles. The third-order valence-electron chi connectivity index (χ3n) is 3.72. The second-order valence-electron chi connectivity index (χ2n) is 4.95. The van der Waals surface area contributed by atoms with E-state index in [1.165, 1.54) is 10.0 Å². The molecule has 2 aliphatic carbocycles. The van der Waals surface area contributed by atoms with E-state index in [9.17, 15) is 0 Å². The van der Waals surface area contributed by atoms with Gasteiger partial charge in [-0.1, -0.05) is 0 Å². The van der Waals surface area contributed by atoms with Crippen LogP contribution >= 0.6 is 0 Å². The fourth-order valence-corrected chi connectivity index (χ4v) is 9.89. The van der Waals surface area contributed by atoms with Gasteiger partial charge in [-0.25, -0.2) is 0 Å². The van der Waals surface area contributed by atoms with E-state index in [0.29, 0.717) is 0 Å². The summed E-state index contributed by atoms with van der Waals surface area (Å²) in [6.07, 6.45) is 13.9. The van der Waals surface area contributed by atoms with Crippen molar-refractivity contribution in [2.24, 2.45) is 5.92 Å². The number of hydrogen-bond acceptors (Lipinski definition) is 0. The van der Waals surface area contributed by atoms with Crippen molar-refractivity contribution in [3.8, 4) is 0 Å². The first-order chi connectivity index (χ1) is 8.34. The normalized spacial score (nSPS) is 20.4. The summed E-state index contributed by atoms with van der Waals surface area (Å²) >= 11 is -1.33. The molecule has 1 aromatic rings. The van der Waals surface area contributed by atoms with Crippen LogP contribution in [0.5, 0.6) is 0 Å². The van der Waals surface area contributed by atoms with Crippen LogP contribution in [0.3, 0.4) is 0 Å². The molecule has 0 aliphatic heterocycles. The van der Waals surface area contributed by atoms with E-state index in [4.69, 9.17) is 0 Å². The predicted molar refractivity (Wildman–Crippen MR) is 76.4 cm³/mol. The molecule has 2 heteroatoms. The largest absolute Gasteiger partial charge is 0 e. The minimum atomic E-state index is -1.33. The Morgan fingerprint density at radius 3 is 2.56 bits per heavy atom. The van der Waals surface area contributed by atoms with Crippen LogP contribution in [0.2, 0.25) is 9.38 Å². The third kappa shape index (κ3) is 2.99. The molecule has 0 N–H and O–H groups in total. The number of allylic oxidation sites excluding steroid dienone is 5. The molecule has 0 fully saturated rings. The van der Waals surface area contributed by atoms with Crippen molar-refractivity contribution in [1.29, 1.82) is 0 Å². The topological polar surface area (TPSA) is 0 Å². The number of benzene rings is 1. The molecule has 89 valence electrons. The van der Waals surface area contributed by atoms with E-state index in [0.717, 1.165) is 9.85 Å². The van der Waals surface area contributed by atoms with Crippen LogP contribution in [0.25, 0.3) is 6.08 Å². The zero-order chi connectivity index (χ0) is 11.7. The maximum atomic E-state index is 2.57. The molecule has 0 heterocycles. The second-order valence-corrected chi connectivity index (χ2v) is 12.7. The molecule has 1 aromatic carbocycles. The molecule has 0 aromatic heterocycles. The van der Waals surface area contributed by atoms with Crippen LogP contribution in [0.1, 0.15) is 15.1 Å². The van der Waals surface area contributed by atoms with Crippen LogP contribution in [0, 0.1) is 5.92 Å². The molecule has 1 unspecified atom stereocenters. The van der Waals surface area contributed by atoms with Crippen molar-refractivity contribution in [3.63, 3.8) is 0 Å². The zero-order valence-corrected chi connectivity index (χ0v) is 15.9. The minimum absolute atomic E-state index is 0. The smallest absolute Gasteiger partial charge is 0 e. The standard InChI is InChI=1S/C9H7.C6H7.CH3.Sn.Zr/c1-2-5-9-7-3-6-8(9)4-1;1-6-4-2-3-5-6;;;/h1-7H;2-6H,1H2;1H3;;. The van der Waals surface area contributed by atoms with Gasteiger partial charge in [-0.15, -0.1) is 0 Å². The Morgan fingerprint density at radius 1 is 1.06 bits per heavy atom. The van der Waals surface area contributed by atoms with Gasteiger partial charge in [-0.05, 0) is 0 Å². The van der Waals surface area contributed by atoms with E-state index >= 15 is 0 Å². The SMILES string of the molecule is [CH3][Sn]([CH2]C1C=CC=C1)[CH]1C=Cc2ccccc21.[Zr]. The van der Waals surface area contributed by atoms with E-state index in [2.05, 4.69) is 65.7 Å². The average molecular weight is 419 g/mol. The van der Waals surface area contributed by atoms with Gasteiger partial charge in [0, 0.05) is 26.2 Å². The first kappa shape index (κ1) is 14.5. The van der Waals surface area contributed by atoms with Gasteiger partial charge >= 0.3 is 111 Å². The number of hydrogen-bond donors (Lipinski definition) is 0. The Labute approximate surface area is 136 Å². The molecule has 1 atom stereocenters. The molecule has 3 rings (SSSR count). The molecular formula is C16H17SnZr. The minimum Gasteiger partial charge on any atom is 0 e. The Hall–Kier alpha value is 0.122. The first-order valence-electron chi connectivity index (χ1n) is 6.29. The van der Waals surface area contributed by atoms with E-state index in [1.54, 1.807) is 5.56 Å². The number of rotatable bonds is 3. The van der Waals surface area contributed by atoms with Gasteiger partial charge in [0.05, 0.1) is 0 Å². The molecule has 0 saturated carbocycles. The molecule has 0 amide bonds. The summed E-state index contributed by atoms with van der Waals surface area (Å²) in [5.74, 6) is 0.732. The van der Waals surface area contributed by atoms with Crippen molar-refractivity contribution >= 4 is 25.8 Å². The van der Waals surface area contributed by atoms with Crippen LogP contribution in [-0.4, -0.2) is 19.8 Å². The quantitative estimate of drug-likeness (QED) is 0.645. The fourth-order valence-electron chi connectivity index (χ4n) is 2.79. The Morgan fingerprint density at radius 2 is 1.78 bits per heavy atom. The Kier molecular flexibility index (Phi) is 5.26.